The summed E-state index contributed by atoms with van der Waals surface area (Å²) in [5.41, 5.74) is 8.27. The number of rotatable bonds is 5. The van der Waals surface area contributed by atoms with Gasteiger partial charge in [-0.3, -0.25) is 4.98 Å². The van der Waals surface area contributed by atoms with Crippen LogP contribution in [0.25, 0.3) is 0 Å². The second-order valence-corrected chi connectivity index (χ2v) is 6.22. The molecule has 1 aromatic carbocycles. The maximum absolute atomic E-state index is 6.34. The van der Waals surface area contributed by atoms with Crippen molar-refractivity contribution in [3.8, 4) is 5.75 Å². The van der Waals surface area contributed by atoms with Crippen molar-refractivity contribution < 1.29 is 4.74 Å². The first-order valence-electron chi connectivity index (χ1n) is 6.40. The average molecular weight is 400 g/mol. The number of ether oxygens (including phenoxy) is 1. The van der Waals surface area contributed by atoms with Gasteiger partial charge >= 0.3 is 0 Å². The topological polar surface area (TPSA) is 48.1 Å². The molecule has 20 heavy (non-hydrogen) atoms. The van der Waals surface area contributed by atoms with Gasteiger partial charge in [-0.05, 0) is 41.8 Å². The van der Waals surface area contributed by atoms with E-state index in [1.54, 1.807) is 12.4 Å². The van der Waals surface area contributed by atoms with E-state index in [0.717, 1.165) is 32.2 Å². The summed E-state index contributed by atoms with van der Waals surface area (Å²) in [5, 5.41) is 0. The monoisotopic (exact) mass is 398 g/mol. The SMILES string of the molecule is CCCOc1cncc(C(N)c2cc(Br)ccc2Br)c1. The third-order valence-corrected chi connectivity index (χ3v) is 4.07. The Bertz CT molecular complexity index is 590. The second kappa shape index (κ2) is 7.20. The molecule has 3 nitrogen and oxygen atoms in total. The predicted molar refractivity (Wildman–Crippen MR) is 87.9 cm³/mol. The first kappa shape index (κ1) is 15.5. The standard InChI is InChI=1S/C15H16Br2N2O/c1-2-5-20-12-6-10(8-19-9-12)15(18)13-7-11(16)3-4-14(13)17/h3-4,6-9,15H,2,5,18H2,1H3. The fraction of sp³-hybridized carbons (Fsp3) is 0.267. The lowest BCUT2D eigenvalue weighted by Crippen LogP contribution is -2.13. The minimum Gasteiger partial charge on any atom is -0.492 e. The molecule has 0 fully saturated rings. The summed E-state index contributed by atoms with van der Waals surface area (Å²) in [6, 6.07) is 7.65. The number of hydrogen-bond acceptors (Lipinski definition) is 3. The highest BCUT2D eigenvalue weighted by Gasteiger charge is 2.14. The van der Waals surface area contributed by atoms with Gasteiger partial charge in [-0.25, -0.2) is 0 Å². The van der Waals surface area contributed by atoms with Crippen LogP contribution in [0.3, 0.4) is 0 Å². The number of nitrogens with two attached hydrogens (primary N) is 1. The molecular formula is C15H16Br2N2O. The normalized spacial score (nSPS) is 12.2. The van der Waals surface area contributed by atoms with Gasteiger partial charge in [-0.1, -0.05) is 38.8 Å². The van der Waals surface area contributed by atoms with Gasteiger partial charge in [-0.15, -0.1) is 0 Å². The van der Waals surface area contributed by atoms with Gasteiger partial charge < -0.3 is 10.5 Å². The van der Waals surface area contributed by atoms with Gasteiger partial charge in [0.1, 0.15) is 5.75 Å². The Morgan fingerprint density at radius 3 is 2.80 bits per heavy atom. The minimum absolute atomic E-state index is 0.250. The molecule has 0 amide bonds. The Morgan fingerprint density at radius 1 is 1.25 bits per heavy atom. The molecule has 0 radical (unpaired) electrons. The molecule has 1 atom stereocenters. The van der Waals surface area contributed by atoms with Crippen LogP contribution in [0.1, 0.15) is 30.5 Å². The first-order chi connectivity index (χ1) is 9.61. The van der Waals surface area contributed by atoms with Gasteiger partial charge in [0.15, 0.2) is 0 Å². The highest BCUT2D eigenvalue weighted by Crippen LogP contribution is 2.30. The molecule has 106 valence electrons. The van der Waals surface area contributed by atoms with Crippen LogP contribution >= 0.6 is 31.9 Å². The lowest BCUT2D eigenvalue weighted by molar-refractivity contribution is 0.315. The number of hydrogen-bond donors (Lipinski definition) is 1. The molecule has 1 unspecified atom stereocenters. The van der Waals surface area contributed by atoms with Crippen molar-refractivity contribution in [1.29, 1.82) is 0 Å². The van der Waals surface area contributed by atoms with E-state index in [2.05, 4.69) is 43.8 Å². The van der Waals surface area contributed by atoms with Crippen LogP contribution in [0, 0.1) is 0 Å². The average Bonchev–Trinajstić information content (AvgIpc) is 2.47. The van der Waals surface area contributed by atoms with E-state index in [1.807, 2.05) is 24.3 Å². The third-order valence-electron chi connectivity index (χ3n) is 2.86. The second-order valence-electron chi connectivity index (χ2n) is 4.45. The summed E-state index contributed by atoms with van der Waals surface area (Å²) in [6.07, 6.45) is 4.45. The van der Waals surface area contributed by atoms with Gasteiger partial charge in [0.2, 0.25) is 0 Å². The molecule has 0 bridgehead atoms. The molecule has 5 heteroatoms. The molecule has 0 aliphatic carbocycles. The Morgan fingerprint density at radius 2 is 2.05 bits per heavy atom. The van der Waals surface area contributed by atoms with Crippen LogP contribution < -0.4 is 10.5 Å². The molecule has 1 heterocycles. The van der Waals surface area contributed by atoms with Crippen molar-refractivity contribution in [2.24, 2.45) is 5.73 Å². The van der Waals surface area contributed by atoms with E-state index in [4.69, 9.17) is 10.5 Å². The van der Waals surface area contributed by atoms with Crippen LogP contribution in [0.15, 0.2) is 45.6 Å². The van der Waals surface area contributed by atoms with Crippen LogP contribution in [0.2, 0.25) is 0 Å². The molecule has 0 aliphatic heterocycles. The van der Waals surface area contributed by atoms with Gasteiger partial charge in [-0.2, -0.15) is 0 Å². The quantitative estimate of drug-likeness (QED) is 0.808. The molecule has 2 rings (SSSR count). The van der Waals surface area contributed by atoms with Crippen LogP contribution in [-0.4, -0.2) is 11.6 Å². The lowest BCUT2D eigenvalue weighted by Gasteiger charge is -2.15. The molecule has 0 saturated heterocycles. The molecule has 0 spiro atoms. The molecular weight excluding hydrogens is 384 g/mol. The van der Waals surface area contributed by atoms with Crippen molar-refractivity contribution in [3.05, 3.63) is 56.7 Å². The number of pyridine rings is 1. The van der Waals surface area contributed by atoms with E-state index in [9.17, 15) is 0 Å². The smallest absolute Gasteiger partial charge is 0.137 e. The zero-order valence-electron chi connectivity index (χ0n) is 11.1. The van der Waals surface area contributed by atoms with Crippen molar-refractivity contribution >= 4 is 31.9 Å². The van der Waals surface area contributed by atoms with Crippen molar-refractivity contribution in [2.75, 3.05) is 6.61 Å². The Balaban J connectivity index is 2.28. The van der Waals surface area contributed by atoms with E-state index < -0.39 is 0 Å². The van der Waals surface area contributed by atoms with E-state index in [-0.39, 0.29) is 6.04 Å². The summed E-state index contributed by atoms with van der Waals surface area (Å²) in [5.74, 6) is 0.755. The minimum atomic E-state index is -0.250. The van der Waals surface area contributed by atoms with E-state index in [0.29, 0.717) is 6.61 Å². The first-order valence-corrected chi connectivity index (χ1v) is 7.98. The largest absolute Gasteiger partial charge is 0.492 e. The Kier molecular flexibility index (Phi) is 5.57. The molecule has 2 aromatic rings. The van der Waals surface area contributed by atoms with Gasteiger partial charge in [0, 0.05) is 15.1 Å². The van der Waals surface area contributed by atoms with E-state index >= 15 is 0 Å². The lowest BCUT2D eigenvalue weighted by atomic mass is 10.0. The predicted octanol–water partition coefficient (Wildman–Crippen LogP) is 4.44. The summed E-state index contributed by atoms with van der Waals surface area (Å²) < 4.78 is 7.57. The van der Waals surface area contributed by atoms with Gasteiger partial charge in [0.05, 0.1) is 18.8 Å². The van der Waals surface area contributed by atoms with Crippen molar-refractivity contribution in [3.63, 3.8) is 0 Å². The zero-order valence-corrected chi connectivity index (χ0v) is 14.3. The fourth-order valence-electron chi connectivity index (χ4n) is 1.84. The summed E-state index contributed by atoms with van der Waals surface area (Å²) in [7, 11) is 0. The highest BCUT2D eigenvalue weighted by molar-refractivity contribution is 9.11. The number of halogens is 2. The maximum Gasteiger partial charge on any atom is 0.137 e. The molecule has 0 saturated carbocycles. The van der Waals surface area contributed by atoms with Crippen LogP contribution in [0.5, 0.6) is 5.75 Å². The van der Waals surface area contributed by atoms with Crippen LogP contribution in [0.4, 0.5) is 0 Å². The molecule has 2 N–H and O–H groups in total. The van der Waals surface area contributed by atoms with E-state index in [1.165, 1.54) is 0 Å². The fourth-order valence-corrected chi connectivity index (χ4v) is 2.71. The van der Waals surface area contributed by atoms with Gasteiger partial charge in [0.25, 0.3) is 0 Å². The molecule has 0 aliphatic rings. The summed E-state index contributed by atoms with van der Waals surface area (Å²) in [4.78, 5) is 4.20. The Hall–Kier alpha value is -0.910. The Labute approximate surface area is 135 Å². The van der Waals surface area contributed by atoms with Crippen molar-refractivity contribution in [1.82, 2.24) is 4.98 Å². The summed E-state index contributed by atoms with van der Waals surface area (Å²) in [6.45, 7) is 2.75. The summed E-state index contributed by atoms with van der Waals surface area (Å²) >= 11 is 7.01. The van der Waals surface area contributed by atoms with Crippen LogP contribution in [-0.2, 0) is 0 Å². The number of benzene rings is 1. The highest BCUT2D eigenvalue weighted by atomic mass is 79.9. The number of nitrogens with zero attached hydrogens (tertiary/aromatic N) is 1. The molecule has 1 aromatic heterocycles. The zero-order chi connectivity index (χ0) is 14.5. The third kappa shape index (κ3) is 3.81. The van der Waals surface area contributed by atoms with Crippen molar-refractivity contribution in [2.45, 2.75) is 19.4 Å². The maximum atomic E-state index is 6.34. The number of aromatic nitrogens is 1.